The van der Waals surface area contributed by atoms with Crippen LogP contribution in [0, 0.1) is 5.92 Å². The summed E-state index contributed by atoms with van der Waals surface area (Å²) in [4.78, 5) is 50.2. The lowest BCUT2D eigenvalue weighted by Crippen LogP contribution is -2.49. The Morgan fingerprint density at radius 2 is 1.57 bits per heavy atom. The van der Waals surface area contributed by atoms with Crippen molar-refractivity contribution in [2.24, 2.45) is 5.92 Å². The van der Waals surface area contributed by atoms with Gasteiger partial charge in [-0.25, -0.2) is 9.59 Å². The highest BCUT2D eigenvalue weighted by atomic mass is 16.6. The predicted octanol–water partition coefficient (Wildman–Crippen LogP) is 2.72. The van der Waals surface area contributed by atoms with E-state index in [1.165, 1.54) is 13.3 Å². The number of hydrogen-bond donors (Lipinski definition) is 2. The van der Waals surface area contributed by atoms with Gasteiger partial charge in [-0.05, 0) is 53.4 Å². The molecule has 2 aliphatic rings. The van der Waals surface area contributed by atoms with Crippen LogP contribution in [0.15, 0.2) is 0 Å². The maximum Gasteiger partial charge on any atom is 0.410 e. The van der Waals surface area contributed by atoms with Gasteiger partial charge in [0, 0.05) is 19.1 Å². The van der Waals surface area contributed by atoms with Gasteiger partial charge >= 0.3 is 18.1 Å². The van der Waals surface area contributed by atoms with E-state index in [9.17, 15) is 19.2 Å². The third-order valence-corrected chi connectivity index (χ3v) is 5.32. The Morgan fingerprint density at radius 3 is 2.13 bits per heavy atom. The van der Waals surface area contributed by atoms with Crippen molar-refractivity contribution in [2.45, 2.75) is 90.4 Å². The van der Waals surface area contributed by atoms with Crippen molar-refractivity contribution in [3.8, 4) is 0 Å². The number of imide groups is 1. The Kier molecular flexibility index (Phi) is 8.49. The van der Waals surface area contributed by atoms with E-state index in [0.717, 1.165) is 25.7 Å². The number of piperidine rings is 1. The molecule has 0 unspecified atom stereocenters. The number of carbonyl (C=O) groups excluding carboxylic acids is 4. The van der Waals surface area contributed by atoms with Crippen LogP contribution in [0.5, 0.6) is 0 Å². The average Bonchev–Trinajstić information content (AvgIpc) is 2.67. The van der Waals surface area contributed by atoms with Crippen LogP contribution >= 0.6 is 0 Å². The molecule has 1 saturated heterocycles. The van der Waals surface area contributed by atoms with Crippen LogP contribution < -0.4 is 10.6 Å². The van der Waals surface area contributed by atoms with E-state index in [1.54, 1.807) is 25.7 Å². The number of nitrogens with zero attached hydrogens (tertiary/aromatic N) is 1. The third kappa shape index (κ3) is 7.84. The van der Waals surface area contributed by atoms with Gasteiger partial charge in [-0.15, -0.1) is 0 Å². The Labute approximate surface area is 178 Å². The molecule has 0 bridgehead atoms. The van der Waals surface area contributed by atoms with Crippen LogP contribution in [0.3, 0.4) is 0 Å². The predicted molar refractivity (Wildman–Crippen MR) is 110 cm³/mol. The summed E-state index contributed by atoms with van der Waals surface area (Å²) in [5.74, 6) is -1.54. The SMILES string of the molecule is C[C@@H](OC(=O)C1CCN(C(=O)OC(C)(C)C)CC1)C(=O)NC(=O)NC1CCCCC1. The Balaban J connectivity index is 1.71. The van der Waals surface area contributed by atoms with E-state index >= 15 is 0 Å². The minimum absolute atomic E-state index is 0.0829. The van der Waals surface area contributed by atoms with Gasteiger partial charge in [0.15, 0.2) is 6.10 Å². The van der Waals surface area contributed by atoms with Crippen molar-refractivity contribution >= 4 is 24.0 Å². The lowest BCUT2D eigenvalue weighted by Gasteiger charge is -2.32. The summed E-state index contributed by atoms with van der Waals surface area (Å²) in [5, 5.41) is 5.04. The summed E-state index contributed by atoms with van der Waals surface area (Å²) in [7, 11) is 0. The van der Waals surface area contributed by atoms with E-state index in [-0.39, 0.29) is 6.04 Å². The minimum Gasteiger partial charge on any atom is -0.452 e. The number of likely N-dealkylation sites (tertiary alicyclic amines) is 1. The summed E-state index contributed by atoms with van der Waals surface area (Å²) >= 11 is 0. The number of nitrogens with one attached hydrogen (secondary N) is 2. The van der Waals surface area contributed by atoms with Gasteiger partial charge in [-0.1, -0.05) is 19.3 Å². The molecule has 9 heteroatoms. The monoisotopic (exact) mass is 425 g/mol. The molecule has 2 fully saturated rings. The van der Waals surface area contributed by atoms with Crippen LogP contribution in [-0.2, 0) is 19.1 Å². The molecule has 4 amide bonds. The summed E-state index contributed by atoms with van der Waals surface area (Å²) in [5.41, 5.74) is -0.571. The van der Waals surface area contributed by atoms with Crippen LogP contribution in [0.1, 0.15) is 72.6 Å². The van der Waals surface area contributed by atoms with E-state index in [1.807, 2.05) is 0 Å². The first-order chi connectivity index (χ1) is 14.0. The van der Waals surface area contributed by atoms with Crippen molar-refractivity contribution in [2.75, 3.05) is 13.1 Å². The Morgan fingerprint density at radius 1 is 0.967 bits per heavy atom. The molecule has 1 saturated carbocycles. The maximum atomic E-state index is 12.4. The van der Waals surface area contributed by atoms with Crippen LogP contribution in [0.2, 0.25) is 0 Å². The Bertz CT molecular complexity index is 631. The standard InChI is InChI=1S/C21H35N3O6/c1-14(17(25)23-19(27)22-16-8-6-5-7-9-16)29-18(26)15-10-12-24(13-11-15)20(28)30-21(2,3)4/h14-16H,5-13H2,1-4H3,(H2,22,23,25,27)/t14-/m1/s1. The second-order valence-corrected chi connectivity index (χ2v) is 9.12. The molecule has 1 atom stereocenters. The van der Waals surface area contributed by atoms with Crippen LogP contribution in [0.25, 0.3) is 0 Å². The minimum atomic E-state index is -1.07. The van der Waals surface area contributed by atoms with Gasteiger partial charge < -0.3 is 19.7 Å². The molecule has 2 N–H and O–H groups in total. The zero-order chi connectivity index (χ0) is 22.3. The topological polar surface area (TPSA) is 114 Å². The first-order valence-corrected chi connectivity index (χ1v) is 10.8. The summed E-state index contributed by atoms with van der Waals surface area (Å²) < 4.78 is 10.6. The second kappa shape index (κ2) is 10.6. The summed E-state index contributed by atoms with van der Waals surface area (Å²) in [6, 6.07) is -0.472. The molecule has 9 nitrogen and oxygen atoms in total. The molecule has 30 heavy (non-hydrogen) atoms. The Hall–Kier alpha value is -2.32. The molecule has 1 aliphatic heterocycles. The van der Waals surface area contributed by atoms with Gasteiger partial charge in [0.25, 0.3) is 5.91 Å². The average molecular weight is 426 g/mol. The lowest BCUT2D eigenvalue weighted by molar-refractivity contribution is -0.159. The van der Waals surface area contributed by atoms with Crippen molar-refractivity contribution in [3.05, 3.63) is 0 Å². The molecule has 0 spiro atoms. The number of urea groups is 1. The number of rotatable bonds is 4. The van der Waals surface area contributed by atoms with Gasteiger partial charge in [0.2, 0.25) is 0 Å². The van der Waals surface area contributed by atoms with Crippen molar-refractivity contribution in [3.63, 3.8) is 0 Å². The van der Waals surface area contributed by atoms with Gasteiger partial charge in [-0.3, -0.25) is 14.9 Å². The second-order valence-electron chi connectivity index (χ2n) is 9.12. The number of ether oxygens (including phenoxy) is 2. The van der Waals surface area contributed by atoms with Crippen molar-refractivity contribution in [1.82, 2.24) is 15.5 Å². The normalized spacial score (nSPS) is 19.5. The van der Waals surface area contributed by atoms with E-state index in [2.05, 4.69) is 10.6 Å². The number of esters is 1. The van der Waals surface area contributed by atoms with Gasteiger partial charge in [0.05, 0.1) is 5.92 Å². The van der Waals surface area contributed by atoms with E-state index in [4.69, 9.17) is 9.47 Å². The molecule has 0 aromatic rings. The van der Waals surface area contributed by atoms with Gasteiger partial charge in [-0.2, -0.15) is 0 Å². The first-order valence-electron chi connectivity index (χ1n) is 10.8. The maximum absolute atomic E-state index is 12.4. The highest BCUT2D eigenvalue weighted by Gasteiger charge is 2.32. The molecular weight excluding hydrogens is 390 g/mol. The molecule has 0 radical (unpaired) electrons. The molecule has 1 aliphatic carbocycles. The lowest BCUT2D eigenvalue weighted by atomic mass is 9.96. The van der Waals surface area contributed by atoms with Crippen LogP contribution in [-0.4, -0.2) is 59.7 Å². The zero-order valence-corrected chi connectivity index (χ0v) is 18.5. The quantitative estimate of drug-likeness (QED) is 0.670. The first kappa shape index (κ1) is 24.0. The number of hydrogen-bond acceptors (Lipinski definition) is 6. The summed E-state index contributed by atoms with van der Waals surface area (Å²) in [6.07, 6.45) is 4.54. The third-order valence-electron chi connectivity index (χ3n) is 5.32. The summed E-state index contributed by atoms with van der Waals surface area (Å²) in [6.45, 7) is 7.62. The highest BCUT2D eigenvalue weighted by molar-refractivity contribution is 5.97. The molecule has 170 valence electrons. The molecule has 0 aromatic carbocycles. The zero-order valence-electron chi connectivity index (χ0n) is 18.5. The van der Waals surface area contributed by atoms with E-state index < -0.39 is 41.6 Å². The fourth-order valence-corrected chi connectivity index (χ4v) is 3.63. The number of amides is 4. The molecule has 0 aromatic heterocycles. The smallest absolute Gasteiger partial charge is 0.410 e. The highest BCUT2D eigenvalue weighted by Crippen LogP contribution is 2.21. The molecule has 2 rings (SSSR count). The molecule has 1 heterocycles. The van der Waals surface area contributed by atoms with Crippen LogP contribution in [0.4, 0.5) is 9.59 Å². The van der Waals surface area contributed by atoms with Crippen molar-refractivity contribution in [1.29, 1.82) is 0 Å². The molecular formula is C21H35N3O6. The fraction of sp³-hybridized carbons (Fsp3) is 0.810. The fourth-order valence-electron chi connectivity index (χ4n) is 3.63. The van der Waals surface area contributed by atoms with E-state index in [0.29, 0.717) is 25.9 Å². The number of carbonyl (C=O) groups is 4. The largest absolute Gasteiger partial charge is 0.452 e. The van der Waals surface area contributed by atoms with Crippen molar-refractivity contribution < 1.29 is 28.7 Å². The van der Waals surface area contributed by atoms with Gasteiger partial charge in [0.1, 0.15) is 5.60 Å².